The maximum absolute atomic E-state index is 12.6. The summed E-state index contributed by atoms with van der Waals surface area (Å²) in [4.78, 5) is 34.5. The maximum Gasteiger partial charge on any atom is 0.272 e. The van der Waals surface area contributed by atoms with Crippen molar-refractivity contribution in [1.82, 2.24) is 19.8 Å². The van der Waals surface area contributed by atoms with Gasteiger partial charge in [-0.05, 0) is 75.7 Å². The van der Waals surface area contributed by atoms with Crippen LogP contribution >= 0.6 is 0 Å². The lowest BCUT2D eigenvalue weighted by molar-refractivity contribution is 0.261. The molecule has 2 N–H and O–H groups in total. The number of likely N-dealkylation sites (N-methyl/N-ethyl adjacent to an activating group) is 2. The van der Waals surface area contributed by atoms with Crippen LogP contribution in [0.1, 0.15) is 11.1 Å². The predicted molar refractivity (Wildman–Crippen MR) is 135 cm³/mol. The van der Waals surface area contributed by atoms with Gasteiger partial charge in [-0.25, -0.2) is 0 Å². The Labute approximate surface area is 198 Å². The Morgan fingerprint density at radius 2 is 1.00 bits per heavy atom. The SMILES string of the molecule is CN(C)CCOc1ccc(C=c2[nH]c(=O)c(=Cc3ccc(OCCN(C)C)cc3)[nH]c2=O)cc1. The summed E-state index contributed by atoms with van der Waals surface area (Å²) >= 11 is 0. The number of H-pyrrole nitrogens is 2. The molecule has 3 rings (SSSR count). The lowest BCUT2D eigenvalue weighted by Gasteiger charge is -2.10. The highest BCUT2D eigenvalue weighted by molar-refractivity contribution is 5.51. The van der Waals surface area contributed by atoms with Crippen molar-refractivity contribution < 1.29 is 9.47 Å². The fraction of sp³-hybridized carbons (Fsp3) is 0.308. The van der Waals surface area contributed by atoms with E-state index in [-0.39, 0.29) is 21.8 Å². The second-order valence-electron chi connectivity index (χ2n) is 8.47. The fourth-order valence-corrected chi connectivity index (χ4v) is 3.04. The number of hydrogen-bond acceptors (Lipinski definition) is 6. The minimum absolute atomic E-state index is 0.188. The van der Waals surface area contributed by atoms with E-state index in [0.717, 1.165) is 35.7 Å². The lowest BCUT2D eigenvalue weighted by atomic mass is 10.2. The van der Waals surface area contributed by atoms with Crippen LogP contribution in [-0.2, 0) is 0 Å². The van der Waals surface area contributed by atoms with Crippen molar-refractivity contribution in [2.75, 3.05) is 54.5 Å². The Kier molecular flexibility index (Phi) is 8.84. The molecule has 0 radical (unpaired) electrons. The van der Waals surface area contributed by atoms with Gasteiger partial charge in [-0.3, -0.25) is 9.59 Å². The normalized spacial score (nSPS) is 12.5. The standard InChI is InChI=1S/C26H32N4O4/c1-29(2)13-15-33-21-9-5-19(6-10-21)17-23-25(31)28-24(26(32)27-23)18-20-7-11-22(12-8-20)34-16-14-30(3)4/h5-12,17-18H,13-16H2,1-4H3,(H,27,32)(H,28,31). The van der Waals surface area contributed by atoms with Gasteiger partial charge in [0.1, 0.15) is 35.4 Å². The first-order valence-corrected chi connectivity index (χ1v) is 11.1. The van der Waals surface area contributed by atoms with Crippen molar-refractivity contribution in [3.8, 4) is 11.5 Å². The molecule has 0 amide bonds. The number of hydrogen-bond donors (Lipinski definition) is 2. The van der Waals surface area contributed by atoms with Gasteiger partial charge < -0.3 is 29.2 Å². The predicted octanol–water partition coefficient (Wildman–Crippen LogP) is 0.602. The largest absolute Gasteiger partial charge is 0.492 e. The molecule has 0 aliphatic rings. The minimum atomic E-state index is -0.374. The van der Waals surface area contributed by atoms with Crippen LogP contribution in [0.15, 0.2) is 58.1 Å². The molecule has 0 spiro atoms. The smallest absolute Gasteiger partial charge is 0.272 e. The molecule has 34 heavy (non-hydrogen) atoms. The van der Waals surface area contributed by atoms with Gasteiger partial charge in [0, 0.05) is 13.1 Å². The Morgan fingerprint density at radius 1 is 0.647 bits per heavy atom. The van der Waals surface area contributed by atoms with E-state index < -0.39 is 0 Å². The number of benzene rings is 2. The maximum atomic E-state index is 12.6. The Hall–Kier alpha value is -3.62. The highest BCUT2D eigenvalue weighted by Gasteiger charge is 2.00. The molecular weight excluding hydrogens is 432 g/mol. The van der Waals surface area contributed by atoms with Crippen LogP contribution in [-0.4, -0.2) is 74.3 Å². The van der Waals surface area contributed by atoms with Gasteiger partial charge in [-0.1, -0.05) is 24.3 Å². The molecule has 8 heteroatoms. The molecule has 0 atom stereocenters. The van der Waals surface area contributed by atoms with E-state index in [1.54, 1.807) is 12.2 Å². The third-order valence-electron chi connectivity index (χ3n) is 4.98. The van der Waals surface area contributed by atoms with Gasteiger partial charge in [0.25, 0.3) is 11.1 Å². The first-order valence-electron chi connectivity index (χ1n) is 11.1. The Morgan fingerprint density at radius 3 is 1.32 bits per heavy atom. The summed E-state index contributed by atoms with van der Waals surface area (Å²) in [5.74, 6) is 1.50. The summed E-state index contributed by atoms with van der Waals surface area (Å²) in [5, 5.41) is 0.376. The van der Waals surface area contributed by atoms with Gasteiger partial charge in [-0.2, -0.15) is 0 Å². The zero-order chi connectivity index (χ0) is 24.5. The number of ether oxygens (including phenoxy) is 2. The second kappa shape index (κ2) is 12.0. The topological polar surface area (TPSA) is 90.7 Å². The van der Waals surface area contributed by atoms with E-state index in [0.29, 0.717) is 13.2 Å². The Bertz CT molecular complexity index is 1190. The third kappa shape index (κ3) is 7.75. The molecule has 0 aliphatic carbocycles. The molecular formula is C26H32N4O4. The molecule has 180 valence electrons. The second-order valence-corrected chi connectivity index (χ2v) is 8.47. The monoisotopic (exact) mass is 464 g/mol. The summed E-state index contributed by atoms with van der Waals surface area (Å²) in [6.07, 6.45) is 3.26. The fourth-order valence-electron chi connectivity index (χ4n) is 3.04. The van der Waals surface area contributed by atoms with Crippen molar-refractivity contribution in [3.05, 3.63) is 91.1 Å². The van der Waals surface area contributed by atoms with Gasteiger partial charge >= 0.3 is 0 Å². The van der Waals surface area contributed by atoms with E-state index in [9.17, 15) is 9.59 Å². The summed E-state index contributed by atoms with van der Waals surface area (Å²) < 4.78 is 11.4. The van der Waals surface area contributed by atoms with Crippen LogP contribution in [0.4, 0.5) is 0 Å². The molecule has 0 aliphatic heterocycles. The van der Waals surface area contributed by atoms with Crippen LogP contribution in [0.3, 0.4) is 0 Å². The van der Waals surface area contributed by atoms with Crippen LogP contribution < -0.4 is 31.3 Å². The van der Waals surface area contributed by atoms with E-state index in [1.807, 2.05) is 86.5 Å². The number of rotatable bonds is 10. The van der Waals surface area contributed by atoms with Crippen molar-refractivity contribution in [2.24, 2.45) is 0 Å². The Balaban J connectivity index is 1.74. The molecule has 3 aromatic rings. The quantitative estimate of drug-likeness (QED) is 0.457. The summed E-state index contributed by atoms with van der Waals surface area (Å²) in [6, 6.07) is 14.7. The molecule has 0 unspecified atom stereocenters. The first kappa shape index (κ1) is 25.0. The first-order chi connectivity index (χ1) is 16.3. The van der Waals surface area contributed by atoms with Crippen LogP contribution in [0.2, 0.25) is 0 Å². The number of nitrogens with one attached hydrogen (secondary N) is 2. The molecule has 0 fully saturated rings. The van der Waals surface area contributed by atoms with E-state index in [1.165, 1.54) is 0 Å². The van der Waals surface area contributed by atoms with Gasteiger partial charge in [0.15, 0.2) is 0 Å². The molecule has 8 nitrogen and oxygen atoms in total. The lowest BCUT2D eigenvalue weighted by Crippen LogP contribution is -2.46. The van der Waals surface area contributed by atoms with E-state index in [2.05, 4.69) is 9.97 Å². The van der Waals surface area contributed by atoms with Crippen LogP contribution in [0, 0.1) is 0 Å². The van der Waals surface area contributed by atoms with Gasteiger partial charge in [0.2, 0.25) is 0 Å². The van der Waals surface area contributed by atoms with Crippen LogP contribution in [0.25, 0.3) is 12.2 Å². The molecule has 2 aromatic carbocycles. The molecule has 1 heterocycles. The zero-order valence-corrected chi connectivity index (χ0v) is 20.1. The van der Waals surface area contributed by atoms with E-state index in [4.69, 9.17) is 9.47 Å². The van der Waals surface area contributed by atoms with Crippen molar-refractivity contribution in [2.45, 2.75) is 0 Å². The molecule has 0 saturated carbocycles. The number of aromatic nitrogens is 2. The molecule has 1 aromatic heterocycles. The summed E-state index contributed by atoms with van der Waals surface area (Å²) in [6.45, 7) is 2.82. The van der Waals surface area contributed by atoms with Crippen molar-refractivity contribution in [3.63, 3.8) is 0 Å². The highest BCUT2D eigenvalue weighted by atomic mass is 16.5. The van der Waals surface area contributed by atoms with Gasteiger partial charge in [0.05, 0.1) is 0 Å². The van der Waals surface area contributed by atoms with E-state index >= 15 is 0 Å². The third-order valence-corrected chi connectivity index (χ3v) is 4.98. The number of aromatic amines is 2. The summed E-state index contributed by atoms with van der Waals surface area (Å²) in [7, 11) is 7.95. The zero-order valence-electron chi connectivity index (χ0n) is 20.1. The van der Waals surface area contributed by atoms with Crippen molar-refractivity contribution >= 4 is 12.2 Å². The van der Waals surface area contributed by atoms with Gasteiger partial charge in [-0.15, -0.1) is 0 Å². The highest BCUT2D eigenvalue weighted by Crippen LogP contribution is 2.13. The number of nitrogens with zero attached hydrogens (tertiary/aromatic N) is 2. The average Bonchev–Trinajstić information content (AvgIpc) is 2.79. The summed E-state index contributed by atoms with van der Waals surface area (Å²) in [5.41, 5.74) is 0.812. The minimum Gasteiger partial charge on any atom is -0.492 e. The van der Waals surface area contributed by atoms with Crippen LogP contribution in [0.5, 0.6) is 11.5 Å². The average molecular weight is 465 g/mol. The molecule has 0 saturated heterocycles. The molecule has 0 bridgehead atoms. The van der Waals surface area contributed by atoms with Crippen molar-refractivity contribution in [1.29, 1.82) is 0 Å².